The standard InChI is InChI=1S/C14H31N3O/c1-5-8-15-14(2,12-18)11-17-9-6-7-13(17)10-16(3)4/h13,15,18H,5-12H2,1-4H3. The van der Waals surface area contributed by atoms with Gasteiger partial charge in [0, 0.05) is 19.1 Å². The van der Waals surface area contributed by atoms with Crippen LogP contribution in [-0.2, 0) is 0 Å². The summed E-state index contributed by atoms with van der Waals surface area (Å²) in [7, 11) is 4.27. The van der Waals surface area contributed by atoms with Crippen molar-refractivity contribution in [2.45, 2.75) is 44.7 Å². The first-order valence-corrected chi connectivity index (χ1v) is 7.25. The highest BCUT2D eigenvalue weighted by molar-refractivity contribution is 4.91. The highest BCUT2D eigenvalue weighted by Gasteiger charge is 2.32. The molecule has 18 heavy (non-hydrogen) atoms. The monoisotopic (exact) mass is 257 g/mol. The first kappa shape index (κ1) is 15.9. The van der Waals surface area contributed by atoms with Gasteiger partial charge in [0.2, 0.25) is 0 Å². The summed E-state index contributed by atoms with van der Waals surface area (Å²) in [6, 6.07) is 0.648. The van der Waals surface area contributed by atoms with E-state index in [2.05, 4.69) is 43.1 Å². The van der Waals surface area contributed by atoms with Gasteiger partial charge >= 0.3 is 0 Å². The van der Waals surface area contributed by atoms with Crippen molar-refractivity contribution < 1.29 is 5.11 Å². The number of likely N-dealkylation sites (N-methyl/N-ethyl adjacent to an activating group) is 1. The van der Waals surface area contributed by atoms with Gasteiger partial charge in [0.05, 0.1) is 12.1 Å². The Morgan fingerprint density at radius 1 is 1.44 bits per heavy atom. The van der Waals surface area contributed by atoms with Gasteiger partial charge in [-0.25, -0.2) is 0 Å². The van der Waals surface area contributed by atoms with E-state index in [1.165, 1.54) is 19.4 Å². The third-order valence-corrected chi connectivity index (χ3v) is 3.78. The van der Waals surface area contributed by atoms with Crippen LogP contribution in [0.4, 0.5) is 0 Å². The molecule has 1 aliphatic rings. The van der Waals surface area contributed by atoms with Crippen molar-refractivity contribution in [1.29, 1.82) is 0 Å². The second-order valence-electron chi connectivity index (χ2n) is 6.17. The Balaban J connectivity index is 2.51. The molecule has 1 rings (SSSR count). The van der Waals surface area contributed by atoms with Crippen LogP contribution in [0.3, 0.4) is 0 Å². The lowest BCUT2D eigenvalue weighted by atomic mass is 10.0. The second-order valence-corrected chi connectivity index (χ2v) is 6.17. The predicted molar refractivity (Wildman–Crippen MR) is 76.9 cm³/mol. The third kappa shape index (κ3) is 4.84. The van der Waals surface area contributed by atoms with Crippen LogP contribution in [0.2, 0.25) is 0 Å². The molecular weight excluding hydrogens is 226 g/mol. The molecule has 1 saturated heterocycles. The number of aliphatic hydroxyl groups is 1. The molecule has 1 fully saturated rings. The summed E-state index contributed by atoms with van der Waals surface area (Å²) in [5.74, 6) is 0. The summed E-state index contributed by atoms with van der Waals surface area (Å²) >= 11 is 0. The van der Waals surface area contributed by atoms with Crippen molar-refractivity contribution in [3.63, 3.8) is 0 Å². The lowest BCUT2D eigenvalue weighted by Gasteiger charge is -2.36. The van der Waals surface area contributed by atoms with Gasteiger partial charge in [0.15, 0.2) is 0 Å². The topological polar surface area (TPSA) is 38.7 Å². The average Bonchev–Trinajstić information content (AvgIpc) is 2.73. The molecule has 0 bridgehead atoms. The van der Waals surface area contributed by atoms with Gasteiger partial charge in [-0.1, -0.05) is 6.92 Å². The van der Waals surface area contributed by atoms with Crippen LogP contribution in [-0.4, -0.2) is 73.4 Å². The Kier molecular flexibility index (Phi) is 6.57. The molecule has 0 aromatic rings. The molecule has 0 amide bonds. The summed E-state index contributed by atoms with van der Waals surface area (Å²) in [5, 5.41) is 13.1. The average molecular weight is 257 g/mol. The van der Waals surface area contributed by atoms with E-state index in [9.17, 15) is 5.11 Å². The van der Waals surface area contributed by atoms with Crippen LogP contribution < -0.4 is 5.32 Å². The van der Waals surface area contributed by atoms with Crippen LogP contribution in [0.1, 0.15) is 33.1 Å². The Labute approximate surface area is 112 Å². The predicted octanol–water partition coefficient (Wildman–Crippen LogP) is 0.763. The zero-order valence-corrected chi connectivity index (χ0v) is 12.6. The Morgan fingerprint density at radius 3 is 2.72 bits per heavy atom. The zero-order valence-electron chi connectivity index (χ0n) is 12.6. The first-order chi connectivity index (χ1) is 8.50. The van der Waals surface area contributed by atoms with E-state index in [4.69, 9.17) is 0 Å². The molecule has 0 aliphatic carbocycles. The maximum Gasteiger partial charge on any atom is 0.0623 e. The van der Waals surface area contributed by atoms with Crippen molar-refractivity contribution in [2.24, 2.45) is 0 Å². The number of rotatable bonds is 8. The lowest BCUT2D eigenvalue weighted by molar-refractivity contribution is 0.105. The maximum absolute atomic E-state index is 9.64. The summed E-state index contributed by atoms with van der Waals surface area (Å²) in [6.45, 7) is 8.71. The fourth-order valence-electron chi connectivity index (χ4n) is 2.77. The van der Waals surface area contributed by atoms with Gasteiger partial charge in [-0.15, -0.1) is 0 Å². The van der Waals surface area contributed by atoms with E-state index in [1.807, 2.05) is 0 Å². The minimum Gasteiger partial charge on any atom is -0.394 e. The van der Waals surface area contributed by atoms with Crippen LogP contribution >= 0.6 is 0 Å². The molecular formula is C14H31N3O. The molecule has 4 nitrogen and oxygen atoms in total. The van der Waals surface area contributed by atoms with Gasteiger partial charge in [0.1, 0.15) is 0 Å². The molecule has 0 aromatic heterocycles. The van der Waals surface area contributed by atoms with E-state index in [1.54, 1.807) is 0 Å². The van der Waals surface area contributed by atoms with E-state index in [-0.39, 0.29) is 12.1 Å². The Bertz CT molecular complexity index is 235. The van der Waals surface area contributed by atoms with Crippen LogP contribution in [0.15, 0.2) is 0 Å². The number of hydrogen-bond acceptors (Lipinski definition) is 4. The molecule has 0 radical (unpaired) electrons. The van der Waals surface area contributed by atoms with Crippen molar-refractivity contribution in [1.82, 2.24) is 15.1 Å². The first-order valence-electron chi connectivity index (χ1n) is 7.25. The van der Waals surface area contributed by atoms with Crippen LogP contribution in [0.5, 0.6) is 0 Å². The molecule has 4 heteroatoms. The van der Waals surface area contributed by atoms with Gasteiger partial charge < -0.3 is 15.3 Å². The summed E-state index contributed by atoms with van der Waals surface area (Å²) in [4.78, 5) is 4.80. The summed E-state index contributed by atoms with van der Waals surface area (Å²) in [6.07, 6.45) is 3.68. The molecule has 2 atom stereocenters. The normalized spacial score (nSPS) is 24.7. The quantitative estimate of drug-likeness (QED) is 0.673. The molecule has 2 N–H and O–H groups in total. The molecule has 108 valence electrons. The molecule has 1 aliphatic heterocycles. The number of likely N-dealkylation sites (tertiary alicyclic amines) is 1. The minimum atomic E-state index is -0.162. The minimum absolute atomic E-state index is 0.162. The highest BCUT2D eigenvalue weighted by Crippen LogP contribution is 2.20. The highest BCUT2D eigenvalue weighted by atomic mass is 16.3. The fourth-order valence-corrected chi connectivity index (χ4v) is 2.77. The number of nitrogens with zero attached hydrogens (tertiary/aromatic N) is 2. The number of nitrogens with one attached hydrogen (secondary N) is 1. The third-order valence-electron chi connectivity index (χ3n) is 3.78. The van der Waals surface area contributed by atoms with E-state index < -0.39 is 0 Å². The smallest absolute Gasteiger partial charge is 0.0623 e. The van der Waals surface area contributed by atoms with Crippen molar-refractivity contribution in [2.75, 3.05) is 46.9 Å². The van der Waals surface area contributed by atoms with E-state index in [0.29, 0.717) is 6.04 Å². The summed E-state index contributed by atoms with van der Waals surface area (Å²) in [5.41, 5.74) is -0.162. The van der Waals surface area contributed by atoms with Gasteiger partial charge in [-0.3, -0.25) is 4.90 Å². The Morgan fingerprint density at radius 2 is 2.17 bits per heavy atom. The van der Waals surface area contributed by atoms with Gasteiger partial charge in [-0.2, -0.15) is 0 Å². The maximum atomic E-state index is 9.64. The summed E-state index contributed by atoms with van der Waals surface area (Å²) < 4.78 is 0. The van der Waals surface area contributed by atoms with Crippen LogP contribution in [0, 0.1) is 0 Å². The van der Waals surface area contributed by atoms with Gasteiger partial charge in [-0.05, 0) is 53.4 Å². The number of hydrogen-bond donors (Lipinski definition) is 2. The Hall–Kier alpha value is -0.160. The van der Waals surface area contributed by atoms with E-state index >= 15 is 0 Å². The van der Waals surface area contributed by atoms with E-state index in [0.717, 1.165) is 26.1 Å². The molecule has 0 spiro atoms. The molecule has 1 heterocycles. The van der Waals surface area contributed by atoms with Crippen LogP contribution in [0.25, 0.3) is 0 Å². The largest absolute Gasteiger partial charge is 0.394 e. The fraction of sp³-hybridized carbons (Fsp3) is 1.00. The SMILES string of the molecule is CCCNC(C)(CO)CN1CCCC1CN(C)C. The van der Waals surface area contributed by atoms with Gasteiger partial charge in [0.25, 0.3) is 0 Å². The van der Waals surface area contributed by atoms with Crippen molar-refractivity contribution in [3.05, 3.63) is 0 Å². The molecule has 2 unspecified atom stereocenters. The van der Waals surface area contributed by atoms with Crippen molar-refractivity contribution >= 4 is 0 Å². The zero-order chi connectivity index (χ0) is 13.6. The molecule has 0 aromatic carbocycles. The van der Waals surface area contributed by atoms with Crippen molar-refractivity contribution in [3.8, 4) is 0 Å². The molecule has 0 saturated carbocycles. The second kappa shape index (κ2) is 7.43. The lowest BCUT2D eigenvalue weighted by Crippen LogP contribution is -2.56. The number of aliphatic hydroxyl groups excluding tert-OH is 1.